The van der Waals surface area contributed by atoms with Crippen molar-refractivity contribution in [3.05, 3.63) is 42.1 Å². The molecule has 6 nitrogen and oxygen atoms in total. The Hall–Kier alpha value is -2.34. The molecular weight excluding hydrogens is 362 g/mol. The number of likely N-dealkylation sites (N-methyl/N-ethyl adjacent to an activating group) is 1. The topological polar surface area (TPSA) is 53.4 Å². The van der Waals surface area contributed by atoms with Crippen LogP contribution in [0.2, 0.25) is 0 Å². The summed E-state index contributed by atoms with van der Waals surface area (Å²) in [6.07, 6.45) is 10.4. The van der Waals surface area contributed by atoms with Crippen molar-refractivity contribution in [2.75, 3.05) is 36.9 Å². The number of hydrogen-bond acceptors (Lipinski definition) is 4. The number of nitrogens with zero attached hydrogens (tertiary/aromatic N) is 4. The van der Waals surface area contributed by atoms with Gasteiger partial charge in [0.25, 0.3) is 0 Å². The first kappa shape index (κ1) is 20.0. The van der Waals surface area contributed by atoms with Crippen molar-refractivity contribution >= 4 is 17.4 Å². The Morgan fingerprint density at radius 2 is 1.86 bits per heavy atom. The first-order valence-electron chi connectivity index (χ1n) is 11.1. The average molecular weight is 396 g/mol. The van der Waals surface area contributed by atoms with E-state index in [2.05, 4.69) is 44.5 Å². The third kappa shape index (κ3) is 4.99. The van der Waals surface area contributed by atoms with Crippen molar-refractivity contribution in [2.45, 2.75) is 57.5 Å². The molecule has 1 N–H and O–H groups in total. The second-order valence-electron chi connectivity index (χ2n) is 8.50. The lowest BCUT2D eigenvalue weighted by atomic mass is 10.1. The van der Waals surface area contributed by atoms with Crippen molar-refractivity contribution in [1.82, 2.24) is 14.7 Å². The van der Waals surface area contributed by atoms with E-state index in [0.29, 0.717) is 12.6 Å². The molecule has 1 aromatic carbocycles. The number of piperidine rings is 1. The smallest absolute Gasteiger partial charge is 0.239 e. The van der Waals surface area contributed by atoms with Crippen LogP contribution in [0.1, 0.15) is 56.6 Å². The molecule has 2 fully saturated rings. The second kappa shape index (κ2) is 9.44. The lowest BCUT2D eigenvalue weighted by Crippen LogP contribution is -2.33. The maximum absolute atomic E-state index is 12.7. The SMILES string of the molecule is CN(CC(=O)Nc1ccnn1C1CCCC1)Cc1ccccc1N1CCCCC1. The first-order valence-corrected chi connectivity index (χ1v) is 11.1. The van der Waals surface area contributed by atoms with Crippen molar-refractivity contribution < 1.29 is 4.79 Å². The molecule has 1 aromatic heterocycles. The predicted octanol–water partition coefficient (Wildman–Crippen LogP) is 4.06. The zero-order valence-corrected chi connectivity index (χ0v) is 17.5. The Bertz CT molecular complexity index is 805. The number of rotatable bonds is 7. The molecule has 6 heteroatoms. The van der Waals surface area contributed by atoms with Crippen LogP contribution in [-0.2, 0) is 11.3 Å². The van der Waals surface area contributed by atoms with Crippen molar-refractivity contribution in [3.8, 4) is 0 Å². The van der Waals surface area contributed by atoms with Gasteiger partial charge in [-0.05, 0) is 50.8 Å². The molecule has 0 radical (unpaired) electrons. The molecule has 29 heavy (non-hydrogen) atoms. The maximum atomic E-state index is 12.7. The van der Waals surface area contributed by atoms with Crippen LogP contribution in [0.15, 0.2) is 36.5 Å². The fourth-order valence-corrected chi connectivity index (χ4v) is 4.72. The minimum absolute atomic E-state index is 0.0164. The Morgan fingerprint density at radius 3 is 2.66 bits per heavy atom. The van der Waals surface area contributed by atoms with Crippen LogP contribution in [0.25, 0.3) is 0 Å². The molecule has 2 heterocycles. The molecule has 2 aliphatic rings. The molecule has 0 atom stereocenters. The highest BCUT2D eigenvalue weighted by atomic mass is 16.2. The number of anilines is 2. The molecule has 1 amide bonds. The fraction of sp³-hybridized carbons (Fsp3) is 0.565. The van der Waals surface area contributed by atoms with E-state index in [1.165, 1.54) is 43.4 Å². The van der Waals surface area contributed by atoms with Gasteiger partial charge in [-0.3, -0.25) is 9.69 Å². The Balaban J connectivity index is 1.35. The van der Waals surface area contributed by atoms with Gasteiger partial charge in [0.2, 0.25) is 5.91 Å². The largest absolute Gasteiger partial charge is 0.371 e. The molecule has 1 aliphatic carbocycles. The van der Waals surface area contributed by atoms with E-state index in [9.17, 15) is 4.79 Å². The molecule has 4 rings (SSSR count). The van der Waals surface area contributed by atoms with Gasteiger partial charge in [-0.25, -0.2) is 4.68 Å². The maximum Gasteiger partial charge on any atom is 0.239 e. The van der Waals surface area contributed by atoms with Crippen molar-refractivity contribution in [2.24, 2.45) is 0 Å². The van der Waals surface area contributed by atoms with Crippen LogP contribution in [0, 0.1) is 0 Å². The molecule has 0 spiro atoms. The standard InChI is InChI=1S/C23H33N5O/c1-26(17-19-9-3-6-12-21(19)27-15-7-2-8-16-27)18-23(29)25-22-13-14-24-28(22)20-10-4-5-11-20/h3,6,9,12-14,20H,2,4-5,7-8,10-11,15-18H2,1H3,(H,25,29). The number of carbonyl (C=O) groups excluding carboxylic acids is 1. The van der Waals surface area contributed by atoms with Crippen LogP contribution >= 0.6 is 0 Å². The van der Waals surface area contributed by atoms with Gasteiger partial charge in [0.1, 0.15) is 5.82 Å². The summed E-state index contributed by atoms with van der Waals surface area (Å²) in [4.78, 5) is 17.2. The van der Waals surface area contributed by atoms with Crippen LogP contribution in [0.4, 0.5) is 11.5 Å². The fourth-order valence-electron chi connectivity index (χ4n) is 4.72. The summed E-state index contributed by atoms with van der Waals surface area (Å²) >= 11 is 0. The van der Waals surface area contributed by atoms with Gasteiger partial charge >= 0.3 is 0 Å². The van der Waals surface area contributed by atoms with E-state index in [1.54, 1.807) is 6.20 Å². The lowest BCUT2D eigenvalue weighted by Gasteiger charge is -2.31. The third-order valence-electron chi connectivity index (χ3n) is 6.15. The summed E-state index contributed by atoms with van der Waals surface area (Å²) in [7, 11) is 2.01. The summed E-state index contributed by atoms with van der Waals surface area (Å²) < 4.78 is 2.00. The monoisotopic (exact) mass is 395 g/mol. The van der Waals surface area contributed by atoms with Gasteiger partial charge in [0.15, 0.2) is 0 Å². The number of amides is 1. The normalized spacial score (nSPS) is 17.8. The number of hydrogen-bond donors (Lipinski definition) is 1. The van der Waals surface area contributed by atoms with Gasteiger partial charge in [0, 0.05) is 31.4 Å². The van der Waals surface area contributed by atoms with Crippen LogP contribution in [-0.4, -0.2) is 47.3 Å². The second-order valence-corrected chi connectivity index (χ2v) is 8.50. The Morgan fingerprint density at radius 1 is 1.10 bits per heavy atom. The Labute approximate surface area is 173 Å². The molecule has 1 saturated carbocycles. The quantitative estimate of drug-likeness (QED) is 0.768. The van der Waals surface area contributed by atoms with Gasteiger partial charge in [-0.15, -0.1) is 0 Å². The summed E-state index contributed by atoms with van der Waals surface area (Å²) in [6, 6.07) is 10.9. The molecule has 156 valence electrons. The van der Waals surface area contributed by atoms with Crippen LogP contribution in [0.5, 0.6) is 0 Å². The van der Waals surface area contributed by atoms with E-state index in [4.69, 9.17) is 0 Å². The molecule has 1 saturated heterocycles. The van der Waals surface area contributed by atoms with Gasteiger partial charge in [-0.1, -0.05) is 31.0 Å². The molecule has 2 aromatic rings. The molecule has 1 aliphatic heterocycles. The van der Waals surface area contributed by atoms with Gasteiger partial charge in [-0.2, -0.15) is 5.10 Å². The number of para-hydroxylation sites is 1. The lowest BCUT2D eigenvalue weighted by molar-refractivity contribution is -0.117. The van der Waals surface area contributed by atoms with Crippen molar-refractivity contribution in [1.29, 1.82) is 0 Å². The highest BCUT2D eigenvalue weighted by molar-refractivity contribution is 5.91. The van der Waals surface area contributed by atoms with E-state index < -0.39 is 0 Å². The minimum atomic E-state index is 0.0164. The van der Waals surface area contributed by atoms with Crippen LogP contribution in [0.3, 0.4) is 0 Å². The number of benzene rings is 1. The summed E-state index contributed by atoms with van der Waals surface area (Å²) in [5.41, 5.74) is 2.61. The van der Waals surface area contributed by atoms with E-state index >= 15 is 0 Å². The number of carbonyl (C=O) groups is 1. The average Bonchev–Trinajstić information content (AvgIpc) is 3.40. The van der Waals surface area contributed by atoms with E-state index in [-0.39, 0.29) is 5.91 Å². The summed E-state index contributed by atoms with van der Waals surface area (Å²) in [6.45, 7) is 3.39. The molecule has 0 bridgehead atoms. The van der Waals surface area contributed by atoms with Gasteiger partial charge < -0.3 is 10.2 Å². The highest BCUT2D eigenvalue weighted by Crippen LogP contribution is 2.31. The summed E-state index contributed by atoms with van der Waals surface area (Å²) in [5.74, 6) is 0.840. The third-order valence-corrected chi connectivity index (χ3v) is 6.15. The van der Waals surface area contributed by atoms with E-state index in [0.717, 1.165) is 38.3 Å². The van der Waals surface area contributed by atoms with Gasteiger partial charge in [0.05, 0.1) is 18.8 Å². The van der Waals surface area contributed by atoms with Crippen molar-refractivity contribution in [3.63, 3.8) is 0 Å². The molecule has 0 unspecified atom stereocenters. The minimum Gasteiger partial charge on any atom is -0.371 e. The number of aromatic nitrogens is 2. The molecular formula is C23H33N5O. The number of nitrogens with one attached hydrogen (secondary N) is 1. The predicted molar refractivity (Wildman–Crippen MR) is 117 cm³/mol. The summed E-state index contributed by atoms with van der Waals surface area (Å²) in [5, 5.41) is 7.52. The van der Waals surface area contributed by atoms with Crippen LogP contribution < -0.4 is 10.2 Å². The highest BCUT2D eigenvalue weighted by Gasteiger charge is 2.21. The van der Waals surface area contributed by atoms with E-state index in [1.807, 2.05) is 17.8 Å². The zero-order chi connectivity index (χ0) is 20.1. The zero-order valence-electron chi connectivity index (χ0n) is 17.5. The first-order chi connectivity index (χ1) is 14.2. The Kier molecular flexibility index (Phi) is 6.49.